The van der Waals surface area contributed by atoms with Crippen LogP contribution in [0.5, 0.6) is 0 Å². The number of rotatable bonds is 8. The lowest BCUT2D eigenvalue weighted by molar-refractivity contribution is -0.158. The van der Waals surface area contributed by atoms with Gasteiger partial charge in [0, 0.05) is 39.9 Å². The Morgan fingerprint density at radius 3 is 2.06 bits per heavy atom. The highest BCUT2D eigenvalue weighted by Gasteiger charge is 2.27. The Labute approximate surface area is 200 Å². The summed E-state index contributed by atoms with van der Waals surface area (Å²) < 4.78 is 5.86. The van der Waals surface area contributed by atoms with Gasteiger partial charge in [0.1, 0.15) is 0 Å². The minimum absolute atomic E-state index is 0.00659. The molecule has 0 saturated carbocycles. The third-order valence-electron chi connectivity index (χ3n) is 6.11. The molecule has 0 aliphatic carbocycles. The van der Waals surface area contributed by atoms with Crippen LogP contribution in [-0.4, -0.2) is 29.5 Å². The normalized spacial score (nSPS) is 13.6. The topological polar surface area (TPSA) is 75.9 Å². The predicted octanol–water partition coefficient (Wildman–Crippen LogP) is 4.31. The Morgan fingerprint density at radius 2 is 1.53 bits per heavy atom. The van der Waals surface area contributed by atoms with Crippen molar-refractivity contribution in [2.75, 3.05) is 17.2 Å². The van der Waals surface area contributed by atoms with Crippen LogP contribution in [-0.2, 0) is 40.3 Å². The Hall–Kier alpha value is -3.64. The number of nitrogen functional groups attached to an aromatic ring is 1. The summed E-state index contributed by atoms with van der Waals surface area (Å²) in [6, 6.07) is 24.3. The molecule has 0 aromatic heterocycles. The van der Waals surface area contributed by atoms with E-state index in [1.807, 2.05) is 42.5 Å². The fourth-order valence-electron chi connectivity index (χ4n) is 4.62. The van der Waals surface area contributed by atoms with Crippen LogP contribution in [0.15, 0.2) is 72.8 Å². The zero-order chi connectivity index (χ0) is 24.1. The van der Waals surface area contributed by atoms with E-state index in [0.29, 0.717) is 31.7 Å². The van der Waals surface area contributed by atoms with E-state index in [1.54, 1.807) is 11.8 Å². The highest BCUT2D eigenvalue weighted by Crippen LogP contribution is 2.35. The summed E-state index contributed by atoms with van der Waals surface area (Å²) in [7, 11) is 0. The van der Waals surface area contributed by atoms with Crippen molar-refractivity contribution >= 4 is 23.3 Å². The minimum atomic E-state index is -0.472. The fourth-order valence-corrected chi connectivity index (χ4v) is 4.62. The summed E-state index contributed by atoms with van der Waals surface area (Å²) in [5, 5.41) is 0. The van der Waals surface area contributed by atoms with Crippen molar-refractivity contribution in [3.05, 3.63) is 95.1 Å². The first kappa shape index (κ1) is 23.5. The largest absolute Gasteiger partial charge is 0.446 e. The van der Waals surface area contributed by atoms with Gasteiger partial charge in [-0.05, 0) is 34.7 Å². The van der Waals surface area contributed by atoms with Crippen LogP contribution in [0, 0.1) is 0 Å². The number of nitrogens with two attached hydrogens (primary N) is 1. The molecular weight excluding hydrogens is 426 g/mol. The summed E-state index contributed by atoms with van der Waals surface area (Å²) in [6.07, 6.45) is 0.792. The van der Waals surface area contributed by atoms with Crippen molar-refractivity contribution in [1.82, 2.24) is 4.90 Å². The molecule has 0 bridgehead atoms. The molecule has 1 atom stereocenters. The van der Waals surface area contributed by atoms with Crippen LogP contribution in [0.25, 0.3) is 0 Å². The van der Waals surface area contributed by atoms with E-state index in [-0.39, 0.29) is 11.9 Å². The summed E-state index contributed by atoms with van der Waals surface area (Å²) in [4.78, 5) is 28.0. The highest BCUT2D eigenvalue weighted by atomic mass is 16.6. The van der Waals surface area contributed by atoms with Gasteiger partial charge in [-0.15, -0.1) is 0 Å². The fraction of sp³-hybridized carbons (Fsp3) is 0.286. The maximum atomic E-state index is 12.1. The number of ether oxygens (including phenoxy) is 1. The van der Waals surface area contributed by atoms with Gasteiger partial charge in [0.2, 0.25) is 5.91 Å². The van der Waals surface area contributed by atoms with Crippen molar-refractivity contribution in [3.8, 4) is 0 Å². The molecular formula is C28H31N3O3. The van der Waals surface area contributed by atoms with E-state index >= 15 is 0 Å². The van der Waals surface area contributed by atoms with E-state index < -0.39 is 6.23 Å². The molecule has 6 heteroatoms. The predicted molar refractivity (Wildman–Crippen MR) is 134 cm³/mol. The van der Waals surface area contributed by atoms with Crippen molar-refractivity contribution in [3.63, 3.8) is 0 Å². The van der Waals surface area contributed by atoms with Crippen LogP contribution >= 0.6 is 0 Å². The molecule has 34 heavy (non-hydrogen) atoms. The van der Waals surface area contributed by atoms with Crippen LogP contribution in [0.1, 0.15) is 36.1 Å². The molecule has 6 nitrogen and oxygen atoms in total. The van der Waals surface area contributed by atoms with Crippen molar-refractivity contribution < 1.29 is 14.3 Å². The maximum absolute atomic E-state index is 12.1. The highest BCUT2D eigenvalue weighted by molar-refractivity contribution is 5.97. The lowest BCUT2D eigenvalue weighted by Gasteiger charge is -2.31. The quantitative estimate of drug-likeness (QED) is 0.310. The zero-order valence-electron chi connectivity index (χ0n) is 19.7. The third-order valence-corrected chi connectivity index (χ3v) is 6.11. The molecule has 2 N–H and O–H groups in total. The number of nitrogens with zero attached hydrogens (tertiary/aromatic N) is 2. The maximum Gasteiger partial charge on any atom is 0.304 e. The van der Waals surface area contributed by atoms with E-state index in [2.05, 4.69) is 35.2 Å². The number of benzene rings is 3. The van der Waals surface area contributed by atoms with Gasteiger partial charge in [-0.1, -0.05) is 66.7 Å². The van der Waals surface area contributed by atoms with Crippen LogP contribution in [0.2, 0.25) is 0 Å². The van der Waals surface area contributed by atoms with Gasteiger partial charge in [0.05, 0.1) is 11.4 Å². The van der Waals surface area contributed by atoms with Gasteiger partial charge >= 0.3 is 5.97 Å². The molecule has 1 aliphatic rings. The number of carbonyl (C=O) groups excluding carboxylic acids is 2. The van der Waals surface area contributed by atoms with Gasteiger partial charge in [-0.2, -0.15) is 0 Å². The molecule has 3 aromatic carbocycles. The smallest absolute Gasteiger partial charge is 0.304 e. The van der Waals surface area contributed by atoms with Crippen molar-refractivity contribution in [2.45, 2.75) is 46.0 Å². The van der Waals surface area contributed by atoms with Crippen LogP contribution in [0.4, 0.5) is 11.4 Å². The summed E-state index contributed by atoms with van der Waals surface area (Å²) in [6.45, 7) is 4.90. The Morgan fingerprint density at radius 1 is 0.941 bits per heavy atom. The van der Waals surface area contributed by atoms with Crippen LogP contribution < -0.4 is 10.6 Å². The molecule has 1 amide bonds. The third kappa shape index (κ3) is 5.64. The summed E-state index contributed by atoms with van der Waals surface area (Å²) in [5.41, 5.74) is 12.1. The van der Waals surface area contributed by atoms with Gasteiger partial charge in [-0.3, -0.25) is 14.5 Å². The number of amides is 1. The number of fused-ring (bicyclic) bond motifs is 1. The summed E-state index contributed by atoms with van der Waals surface area (Å²) in [5.74, 6) is -0.333. The number of esters is 1. The van der Waals surface area contributed by atoms with E-state index in [0.717, 1.165) is 34.4 Å². The van der Waals surface area contributed by atoms with Gasteiger partial charge in [0.25, 0.3) is 0 Å². The summed E-state index contributed by atoms with van der Waals surface area (Å²) >= 11 is 0. The van der Waals surface area contributed by atoms with Crippen molar-refractivity contribution in [2.24, 2.45) is 0 Å². The molecule has 1 heterocycles. The first-order chi connectivity index (χ1) is 16.4. The molecule has 1 unspecified atom stereocenters. The lowest BCUT2D eigenvalue weighted by Crippen LogP contribution is -2.39. The first-order valence-corrected chi connectivity index (χ1v) is 11.6. The molecule has 0 fully saturated rings. The Kier molecular flexibility index (Phi) is 7.28. The monoisotopic (exact) mass is 457 g/mol. The van der Waals surface area contributed by atoms with Gasteiger partial charge < -0.3 is 15.4 Å². The second kappa shape index (κ2) is 10.5. The SMILES string of the molecule is CC(=O)OC(Cc1cc(N)c2c(c1)CCN2C(C)=O)N(Cc1ccccc1)Cc1ccccc1. The number of hydrogen-bond donors (Lipinski definition) is 1. The molecule has 4 rings (SSSR count). The second-order valence-electron chi connectivity index (χ2n) is 8.76. The zero-order valence-corrected chi connectivity index (χ0v) is 19.7. The number of carbonyl (C=O) groups is 2. The standard InChI is InChI=1S/C28H31N3O3/c1-20(32)31-14-13-25-15-24(16-26(29)28(25)31)17-27(34-21(2)33)30(18-22-9-5-3-6-10-22)19-23-11-7-4-8-12-23/h3-12,15-16,27H,13-14,17-19,29H2,1-2H3. The van der Waals surface area contributed by atoms with E-state index in [1.165, 1.54) is 6.92 Å². The second-order valence-corrected chi connectivity index (χ2v) is 8.76. The average Bonchev–Trinajstić information content (AvgIpc) is 3.24. The minimum Gasteiger partial charge on any atom is -0.446 e. The van der Waals surface area contributed by atoms with E-state index in [9.17, 15) is 9.59 Å². The van der Waals surface area contributed by atoms with Gasteiger partial charge in [-0.25, -0.2) is 0 Å². The average molecular weight is 458 g/mol. The molecule has 3 aromatic rings. The number of hydrogen-bond acceptors (Lipinski definition) is 5. The Balaban J connectivity index is 1.64. The molecule has 1 aliphatic heterocycles. The lowest BCUT2D eigenvalue weighted by atomic mass is 10.0. The number of anilines is 2. The van der Waals surface area contributed by atoms with E-state index in [4.69, 9.17) is 10.5 Å². The molecule has 176 valence electrons. The van der Waals surface area contributed by atoms with Crippen molar-refractivity contribution in [1.29, 1.82) is 0 Å². The van der Waals surface area contributed by atoms with Gasteiger partial charge in [0.15, 0.2) is 6.23 Å². The van der Waals surface area contributed by atoms with Crippen LogP contribution in [0.3, 0.4) is 0 Å². The molecule has 0 radical (unpaired) electrons. The molecule has 0 saturated heterocycles. The Bertz CT molecular complexity index is 1110. The molecule has 0 spiro atoms. The first-order valence-electron chi connectivity index (χ1n) is 11.6.